The minimum absolute atomic E-state index is 0.0146. The number of halogens is 1. The summed E-state index contributed by atoms with van der Waals surface area (Å²) >= 11 is 7.68. The highest BCUT2D eigenvalue weighted by molar-refractivity contribution is 7.99. The van der Waals surface area contributed by atoms with Crippen LogP contribution in [0.5, 0.6) is 0 Å². The highest BCUT2D eigenvalue weighted by Gasteiger charge is 2.09. The standard InChI is InChI=1S/C16H19ClN2S/c1-11(2)12-5-7-13(8-6-12)15(18)10-20-16-14(17)4-3-9-19-16/h3-9,11,15H,10,18H2,1-2H3. The third kappa shape index (κ3) is 3.98. The first-order chi connectivity index (χ1) is 9.58. The van der Waals surface area contributed by atoms with Crippen molar-refractivity contribution in [2.24, 2.45) is 5.73 Å². The molecule has 0 bridgehead atoms. The van der Waals surface area contributed by atoms with Crippen molar-refractivity contribution in [3.8, 4) is 0 Å². The lowest BCUT2D eigenvalue weighted by molar-refractivity contribution is 0.821. The number of nitrogens with two attached hydrogens (primary N) is 1. The lowest BCUT2D eigenvalue weighted by atomic mass is 10.00. The number of hydrogen-bond acceptors (Lipinski definition) is 3. The molecule has 1 aromatic heterocycles. The second-order valence-corrected chi connectivity index (χ2v) is 6.45. The second kappa shape index (κ2) is 7.11. The number of hydrogen-bond donors (Lipinski definition) is 1. The average Bonchev–Trinajstić information content (AvgIpc) is 2.46. The van der Waals surface area contributed by atoms with Crippen LogP contribution in [0.25, 0.3) is 0 Å². The van der Waals surface area contributed by atoms with E-state index in [0.717, 1.165) is 16.3 Å². The molecule has 106 valence electrons. The van der Waals surface area contributed by atoms with Crippen molar-refractivity contribution in [1.82, 2.24) is 4.98 Å². The highest BCUT2D eigenvalue weighted by atomic mass is 35.5. The van der Waals surface area contributed by atoms with Gasteiger partial charge in [-0.2, -0.15) is 0 Å². The lowest BCUT2D eigenvalue weighted by Crippen LogP contribution is -2.13. The third-order valence-electron chi connectivity index (χ3n) is 3.16. The van der Waals surface area contributed by atoms with E-state index in [0.29, 0.717) is 10.9 Å². The zero-order chi connectivity index (χ0) is 14.5. The highest BCUT2D eigenvalue weighted by Crippen LogP contribution is 2.27. The molecule has 0 aliphatic carbocycles. The van der Waals surface area contributed by atoms with Gasteiger partial charge in [0.25, 0.3) is 0 Å². The summed E-state index contributed by atoms with van der Waals surface area (Å²) in [5.74, 6) is 1.31. The Bertz CT molecular complexity index is 555. The molecule has 0 saturated heterocycles. The van der Waals surface area contributed by atoms with Gasteiger partial charge in [-0.1, -0.05) is 49.7 Å². The molecule has 4 heteroatoms. The molecular weight excluding hydrogens is 288 g/mol. The molecular formula is C16H19ClN2S. The van der Waals surface area contributed by atoms with E-state index in [2.05, 4.69) is 43.1 Å². The summed E-state index contributed by atoms with van der Waals surface area (Å²) in [4.78, 5) is 4.26. The molecule has 0 spiro atoms. The monoisotopic (exact) mass is 306 g/mol. The molecule has 0 amide bonds. The number of rotatable bonds is 5. The fraction of sp³-hybridized carbons (Fsp3) is 0.312. The Morgan fingerprint density at radius 3 is 2.40 bits per heavy atom. The topological polar surface area (TPSA) is 38.9 Å². The predicted octanol–water partition coefficient (Wildman–Crippen LogP) is 4.65. The zero-order valence-corrected chi connectivity index (χ0v) is 13.3. The van der Waals surface area contributed by atoms with Gasteiger partial charge in [0, 0.05) is 18.0 Å². The molecule has 2 nitrogen and oxygen atoms in total. The number of thioether (sulfide) groups is 1. The Kier molecular flexibility index (Phi) is 5.46. The van der Waals surface area contributed by atoms with Crippen LogP contribution in [0.2, 0.25) is 5.02 Å². The van der Waals surface area contributed by atoms with E-state index in [-0.39, 0.29) is 6.04 Å². The second-order valence-electron chi connectivity index (χ2n) is 5.03. The van der Waals surface area contributed by atoms with Crippen LogP contribution in [0, 0.1) is 0 Å². The van der Waals surface area contributed by atoms with Crippen LogP contribution in [-0.2, 0) is 0 Å². The molecule has 2 rings (SSSR count). The summed E-state index contributed by atoms with van der Waals surface area (Å²) < 4.78 is 0. The normalized spacial score (nSPS) is 12.7. The number of benzene rings is 1. The maximum atomic E-state index is 6.23. The third-order valence-corrected chi connectivity index (χ3v) is 4.70. The SMILES string of the molecule is CC(C)c1ccc(C(N)CSc2ncccc2Cl)cc1. The number of pyridine rings is 1. The Morgan fingerprint density at radius 1 is 1.15 bits per heavy atom. The van der Waals surface area contributed by atoms with Crippen molar-refractivity contribution in [3.05, 3.63) is 58.7 Å². The van der Waals surface area contributed by atoms with E-state index in [1.165, 1.54) is 5.56 Å². The molecule has 1 aromatic carbocycles. The van der Waals surface area contributed by atoms with Crippen LogP contribution in [0.1, 0.15) is 36.9 Å². The minimum atomic E-state index is -0.0146. The largest absolute Gasteiger partial charge is 0.323 e. The van der Waals surface area contributed by atoms with Crippen LogP contribution < -0.4 is 5.73 Å². The van der Waals surface area contributed by atoms with Crippen molar-refractivity contribution in [3.63, 3.8) is 0 Å². The van der Waals surface area contributed by atoms with Gasteiger partial charge in [-0.15, -0.1) is 11.8 Å². The Hall–Kier alpha value is -1.03. The van der Waals surface area contributed by atoms with Gasteiger partial charge >= 0.3 is 0 Å². The summed E-state index contributed by atoms with van der Waals surface area (Å²) in [5, 5.41) is 1.52. The van der Waals surface area contributed by atoms with Crippen LogP contribution in [-0.4, -0.2) is 10.7 Å². The van der Waals surface area contributed by atoms with Crippen LogP contribution in [0.3, 0.4) is 0 Å². The van der Waals surface area contributed by atoms with Crippen molar-refractivity contribution < 1.29 is 0 Å². The molecule has 1 atom stereocenters. The Balaban J connectivity index is 1.98. The molecule has 0 aliphatic heterocycles. The summed E-state index contributed by atoms with van der Waals surface area (Å²) in [5.41, 5.74) is 8.71. The fourth-order valence-electron chi connectivity index (χ4n) is 1.87. The molecule has 1 heterocycles. The first-order valence-corrected chi connectivity index (χ1v) is 8.03. The minimum Gasteiger partial charge on any atom is -0.323 e. The summed E-state index contributed by atoms with van der Waals surface area (Å²) in [6.07, 6.45) is 1.75. The summed E-state index contributed by atoms with van der Waals surface area (Å²) in [6, 6.07) is 12.2. The van der Waals surface area contributed by atoms with Gasteiger partial charge in [0.1, 0.15) is 5.03 Å². The molecule has 20 heavy (non-hydrogen) atoms. The Labute approximate surface area is 129 Å². The van der Waals surface area contributed by atoms with Crippen molar-refractivity contribution in [2.45, 2.75) is 30.8 Å². The van der Waals surface area contributed by atoms with E-state index in [1.54, 1.807) is 18.0 Å². The van der Waals surface area contributed by atoms with E-state index < -0.39 is 0 Å². The van der Waals surface area contributed by atoms with Gasteiger partial charge in [0.2, 0.25) is 0 Å². The van der Waals surface area contributed by atoms with E-state index in [1.807, 2.05) is 12.1 Å². The molecule has 0 radical (unpaired) electrons. The molecule has 2 N–H and O–H groups in total. The fourth-order valence-corrected chi connectivity index (χ4v) is 3.03. The van der Waals surface area contributed by atoms with Crippen molar-refractivity contribution in [1.29, 1.82) is 0 Å². The van der Waals surface area contributed by atoms with Crippen LogP contribution >= 0.6 is 23.4 Å². The van der Waals surface area contributed by atoms with Gasteiger partial charge in [-0.25, -0.2) is 4.98 Å². The summed E-state index contributed by atoms with van der Waals surface area (Å²) in [7, 11) is 0. The van der Waals surface area contributed by atoms with Crippen LogP contribution in [0.15, 0.2) is 47.6 Å². The van der Waals surface area contributed by atoms with E-state index in [4.69, 9.17) is 17.3 Å². The van der Waals surface area contributed by atoms with E-state index in [9.17, 15) is 0 Å². The smallest absolute Gasteiger partial charge is 0.115 e. The lowest BCUT2D eigenvalue weighted by Gasteiger charge is -2.13. The quantitative estimate of drug-likeness (QED) is 0.817. The predicted molar refractivity (Wildman–Crippen MR) is 87.4 cm³/mol. The van der Waals surface area contributed by atoms with Gasteiger partial charge in [-0.3, -0.25) is 0 Å². The molecule has 0 saturated carbocycles. The first kappa shape index (κ1) is 15.4. The maximum Gasteiger partial charge on any atom is 0.115 e. The molecule has 0 aliphatic rings. The molecule has 1 unspecified atom stereocenters. The van der Waals surface area contributed by atoms with Crippen molar-refractivity contribution >= 4 is 23.4 Å². The molecule has 2 aromatic rings. The van der Waals surface area contributed by atoms with Crippen LogP contribution in [0.4, 0.5) is 0 Å². The van der Waals surface area contributed by atoms with Gasteiger partial charge in [0.05, 0.1) is 5.02 Å². The first-order valence-electron chi connectivity index (χ1n) is 6.66. The van der Waals surface area contributed by atoms with Gasteiger partial charge < -0.3 is 5.73 Å². The maximum absolute atomic E-state index is 6.23. The Morgan fingerprint density at radius 2 is 1.80 bits per heavy atom. The molecule has 0 fully saturated rings. The summed E-state index contributed by atoms with van der Waals surface area (Å²) in [6.45, 7) is 4.38. The van der Waals surface area contributed by atoms with Crippen molar-refractivity contribution in [2.75, 3.05) is 5.75 Å². The van der Waals surface area contributed by atoms with E-state index >= 15 is 0 Å². The van der Waals surface area contributed by atoms with Gasteiger partial charge in [0.15, 0.2) is 0 Å². The van der Waals surface area contributed by atoms with Gasteiger partial charge in [-0.05, 0) is 29.2 Å². The average molecular weight is 307 g/mol. The zero-order valence-electron chi connectivity index (χ0n) is 11.7. The number of aromatic nitrogens is 1. The number of nitrogens with zero attached hydrogens (tertiary/aromatic N) is 1.